The van der Waals surface area contributed by atoms with Crippen LogP contribution in [-0.2, 0) is 6.42 Å². The van der Waals surface area contributed by atoms with Crippen LogP contribution < -0.4 is 5.32 Å². The second kappa shape index (κ2) is 4.84. The molecule has 0 amide bonds. The summed E-state index contributed by atoms with van der Waals surface area (Å²) in [7, 11) is 0. The summed E-state index contributed by atoms with van der Waals surface area (Å²) in [6.45, 7) is 2.92. The summed E-state index contributed by atoms with van der Waals surface area (Å²) in [5, 5.41) is 3.20. The van der Waals surface area contributed by atoms with Gasteiger partial charge >= 0.3 is 0 Å². The molecule has 0 saturated heterocycles. The molecule has 0 unspecified atom stereocenters. The van der Waals surface area contributed by atoms with Gasteiger partial charge in [0.2, 0.25) is 0 Å². The molecular formula is C10H12N4S. The van der Waals surface area contributed by atoms with Crippen molar-refractivity contribution in [2.24, 2.45) is 0 Å². The van der Waals surface area contributed by atoms with Crippen molar-refractivity contribution in [3.63, 3.8) is 0 Å². The molecule has 4 nitrogen and oxygen atoms in total. The first-order valence-electron chi connectivity index (χ1n) is 4.84. The Morgan fingerprint density at radius 3 is 2.80 bits per heavy atom. The van der Waals surface area contributed by atoms with E-state index >= 15 is 0 Å². The quantitative estimate of drug-likeness (QED) is 0.855. The number of nitrogens with zero attached hydrogens (tertiary/aromatic N) is 3. The average Bonchev–Trinajstić information content (AvgIpc) is 2.68. The minimum Gasteiger partial charge on any atom is -0.368 e. The largest absolute Gasteiger partial charge is 0.368 e. The summed E-state index contributed by atoms with van der Waals surface area (Å²) in [6, 6.07) is 3.99. The number of pyridine rings is 1. The molecule has 2 aromatic heterocycles. The van der Waals surface area contributed by atoms with Gasteiger partial charge in [-0.15, -0.1) is 0 Å². The second-order valence-corrected chi connectivity index (χ2v) is 3.65. The van der Waals surface area contributed by atoms with Crippen LogP contribution in [0.4, 0.5) is 5.82 Å². The highest BCUT2D eigenvalue weighted by Gasteiger charge is 2.07. The minimum atomic E-state index is 0.807. The summed E-state index contributed by atoms with van der Waals surface area (Å²) < 4.78 is 8.48. The lowest BCUT2D eigenvalue weighted by Crippen LogP contribution is -2.01. The van der Waals surface area contributed by atoms with E-state index in [1.165, 1.54) is 17.3 Å². The average molecular weight is 220 g/mol. The maximum atomic E-state index is 4.28. The van der Waals surface area contributed by atoms with Crippen LogP contribution in [0.15, 0.2) is 24.5 Å². The number of anilines is 1. The molecule has 0 aliphatic carbocycles. The fourth-order valence-electron chi connectivity index (χ4n) is 1.32. The Bertz CT molecular complexity index is 412. The van der Waals surface area contributed by atoms with E-state index in [0.29, 0.717) is 0 Å². The molecule has 0 aromatic carbocycles. The Morgan fingerprint density at radius 2 is 2.07 bits per heavy atom. The van der Waals surface area contributed by atoms with E-state index in [1.807, 2.05) is 12.1 Å². The normalized spacial score (nSPS) is 10.2. The Balaban J connectivity index is 2.14. The van der Waals surface area contributed by atoms with E-state index in [4.69, 9.17) is 0 Å². The molecule has 0 atom stereocenters. The van der Waals surface area contributed by atoms with Crippen LogP contribution in [0.2, 0.25) is 0 Å². The van der Waals surface area contributed by atoms with Crippen LogP contribution in [0.1, 0.15) is 18.2 Å². The van der Waals surface area contributed by atoms with Crippen LogP contribution in [0, 0.1) is 0 Å². The Morgan fingerprint density at radius 1 is 1.27 bits per heavy atom. The van der Waals surface area contributed by atoms with Gasteiger partial charge in [0.15, 0.2) is 5.82 Å². The second-order valence-electron chi connectivity index (χ2n) is 3.12. The van der Waals surface area contributed by atoms with Crippen molar-refractivity contribution in [2.45, 2.75) is 13.3 Å². The molecule has 15 heavy (non-hydrogen) atoms. The van der Waals surface area contributed by atoms with Crippen molar-refractivity contribution in [1.29, 1.82) is 0 Å². The van der Waals surface area contributed by atoms with Gasteiger partial charge < -0.3 is 5.32 Å². The summed E-state index contributed by atoms with van der Waals surface area (Å²) in [4.78, 5) is 3.98. The smallest absolute Gasteiger partial charge is 0.163 e. The number of hydrogen-bond donors (Lipinski definition) is 1. The van der Waals surface area contributed by atoms with Gasteiger partial charge in [-0.3, -0.25) is 4.98 Å². The fourth-order valence-corrected chi connectivity index (χ4v) is 1.86. The summed E-state index contributed by atoms with van der Waals surface area (Å²) >= 11 is 1.25. The fraction of sp³-hybridized carbons (Fsp3) is 0.300. The third kappa shape index (κ3) is 2.50. The first-order chi connectivity index (χ1) is 7.40. The maximum absolute atomic E-state index is 4.28. The molecule has 5 heteroatoms. The zero-order valence-corrected chi connectivity index (χ0v) is 9.29. The zero-order valence-electron chi connectivity index (χ0n) is 8.47. The Hall–Kier alpha value is -1.49. The third-order valence-electron chi connectivity index (χ3n) is 2.02. The monoisotopic (exact) mass is 220 g/mol. The van der Waals surface area contributed by atoms with Gasteiger partial charge in [-0.25, -0.2) is 0 Å². The highest BCUT2D eigenvalue weighted by Crippen LogP contribution is 2.16. The predicted octanol–water partition coefficient (Wildman–Crippen LogP) is 1.96. The maximum Gasteiger partial charge on any atom is 0.163 e. The molecule has 0 aliphatic heterocycles. The van der Waals surface area contributed by atoms with Gasteiger partial charge in [0.05, 0.1) is 11.7 Å². The van der Waals surface area contributed by atoms with E-state index < -0.39 is 0 Å². The van der Waals surface area contributed by atoms with Crippen LogP contribution >= 0.6 is 11.7 Å². The van der Waals surface area contributed by atoms with Gasteiger partial charge in [0.25, 0.3) is 0 Å². The van der Waals surface area contributed by atoms with E-state index in [0.717, 1.165) is 24.5 Å². The van der Waals surface area contributed by atoms with E-state index in [9.17, 15) is 0 Å². The summed E-state index contributed by atoms with van der Waals surface area (Å²) in [5.41, 5.74) is 2.21. The van der Waals surface area contributed by atoms with Gasteiger partial charge in [0, 0.05) is 25.4 Å². The molecule has 0 bridgehead atoms. The van der Waals surface area contributed by atoms with Gasteiger partial charge in [0.1, 0.15) is 5.69 Å². The number of hydrogen-bond acceptors (Lipinski definition) is 5. The number of rotatable bonds is 4. The topological polar surface area (TPSA) is 50.7 Å². The van der Waals surface area contributed by atoms with Gasteiger partial charge in [-0.1, -0.05) is 0 Å². The van der Waals surface area contributed by atoms with E-state index in [1.54, 1.807) is 12.4 Å². The molecule has 2 rings (SSSR count). The molecule has 1 N–H and O–H groups in total. The third-order valence-corrected chi connectivity index (χ3v) is 2.59. The zero-order chi connectivity index (χ0) is 10.5. The highest BCUT2D eigenvalue weighted by molar-refractivity contribution is 6.99. The lowest BCUT2D eigenvalue weighted by molar-refractivity contribution is 1.09. The van der Waals surface area contributed by atoms with Crippen molar-refractivity contribution in [2.75, 3.05) is 11.9 Å². The van der Waals surface area contributed by atoms with Crippen molar-refractivity contribution in [3.8, 4) is 0 Å². The molecule has 0 radical (unpaired) electrons. The van der Waals surface area contributed by atoms with Crippen molar-refractivity contribution in [3.05, 3.63) is 35.8 Å². The van der Waals surface area contributed by atoms with E-state index in [-0.39, 0.29) is 0 Å². The molecular weight excluding hydrogens is 208 g/mol. The first-order valence-corrected chi connectivity index (χ1v) is 5.57. The Labute approximate surface area is 92.7 Å². The predicted molar refractivity (Wildman–Crippen MR) is 61.1 cm³/mol. The standard InChI is InChI=1S/C10H12N4S/c1-2-12-10-9(13-15-14-10)7-8-3-5-11-6-4-8/h3-6H,2,7H2,1H3,(H,12,14). The van der Waals surface area contributed by atoms with E-state index in [2.05, 4.69) is 26.0 Å². The highest BCUT2D eigenvalue weighted by atomic mass is 32.1. The SMILES string of the molecule is CCNc1nsnc1Cc1ccncc1. The minimum absolute atomic E-state index is 0.807. The summed E-state index contributed by atoms with van der Waals surface area (Å²) in [5.74, 6) is 0.902. The molecule has 2 aromatic rings. The van der Waals surface area contributed by atoms with Crippen LogP contribution in [0.25, 0.3) is 0 Å². The van der Waals surface area contributed by atoms with Gasteiger partial charge in [-0.2, -0.15) is 8.75 Å². The van der Waals surface area contributed by atoms with Crippen molar-refractivity contribution < 1.29 is 0 Å². The number of nitrogens with one attached hydrogen (secondary N) is 1. The Kier molecular flexibility index (Phi) is 3.24. The lowest BCUT2D eigenvalue weighted by atomic mass is 10.1. The molecule has 78 valence electrons. The summed E-state index contributed by atoms with van der Waals surface area (Å²) in [6.07, 6.45) is 4.39. The molecule has 0 saturated carbocycles. The molecule has 0 fully saturated rings. The lowest BCUT2D eigenvalue weighted by Gasteiger charge is -2.01. The number of aromatic nitrogens is 3. The molecule has 0 aliphatic rings. The van der Waals surface area contributed by atoms with Crippen molar-refractivity contribution >= 4 is 17.5 Å². The molecule has 2 heterocycles. The first kappa shape index (κ1) is 10.0. The van der Waals surface area contributed by atoms with Crippen LogP contribution in [-0.4, -0.2) is 20.3 Å². The van der Waals surface area contributed by atoms with Crippen LogP contribution in [0.3, 0.4) is 0 Å². The molecule has 0 spiro atoms. The van der Waals surface area contributed by atoms with Crippen LogP contribution in [0.5, 0.6) is 0 Å². The van der Waals surface area contributed by atoms with Gasteiger partial charge in [-0.05, 0) is 24.6 Å². The van der Waals surface area contributed by atoms with Crippen molar-refractivity contribution in [1.82, 2.24) is 13.7 Å².